The number of benzene rings is 1. The van der Waals surface area contributed by atoms with E-state index in [4.69, 9.17) is 4.74 Å². The predicted molar refractivity (Wildman–Crippen MR) is 61.9 cm³/mol. The average Bonchev–Trinajstić information content (AvgIpc) is 2.23. The van der Waals surface area contributed by atoms with E-state index < -0.39 is 0 Å². The number of nitrogens with one attached hydrogen (secondary N) is 1. The Balaban J connectivity index is 1.72. The summed E-state index contributed by atoms with van der Waals surface area (Å²) in [6.45, 7) is 5.05. The van der Waals surface area contributed by atoms with E-state index in [1.54, 1.807) is 0 Å². The fourth-order valence-electron chi connectivity index (χ4n) is 1.72. The monoisotopic (exact) mass is 205 g/mol. The zero-order valence-electron chi connectivity index (χ0n) is 9.33. The number of ether oxygens (including phenoxy) is 1. The molecule has 1 fully saturated rings. The topological polar surface area (TPSA) is 21.3 Å². The summed E-state index contributed by atoms with van der Waals surface area (Å²) in [5.41, 5.74) is 2.76. The van der Waals surface area contributed by atoms with Crippen molar-refractivity contribution in [3.63, 3.8) is 0 Å². The van der Waals surface area contributed by atoms with Gasteiger partial charge in [-0.25, -0.2) is 0 Å². The lowest BCUT2D eigenvalue weighted by Gasteiger charge is -2.26. The van der Waals surface area contributed by atoms with Crippen molar-refractivity contribution in [3.8, 4) is 0 Å². The van der Waals surface area contributed by atoms with Crippen LogP contribution in [0.4, 0.5) is 0 Å². The lowest BCUT2D eigenvalue weighted by atomic mass is 10.1. The van der Waals surface area contributed by atoms with Gasteiger partial charge in [-0.15, -0.1) is 0 Å². The molecule has 0 spiro atoms. The van der Waals surface area contributed by atoms with Crippen LogP contribution >= 0.6 is 0 Å². The molecule has 1 saturated heterocycles. The molecule has 0 radical (unpaired) electrons. The van der Waals surface area contributed by atoms with Crippen LogP contribution in [0.2, 0.25) is 0 Å². The standard InChI is InChI=1S/C13H19NO/c1-2-11-3-5-12(6-4-11)9-14-10-13-7-8-15-13/h3-6,13-14H,2,7-10H2,1H3. The minimum atomic E-state index is 0.458. The molecule has 1 aromatic rings. The first-order chi connectivity index (χ1) is 7.38. The van der Waals surface area contributed by atoms with E-state index in [-0.39, 0.29) is 0 Å². The fourth-order valence-corrected chi connectivity index (χ4v) is 1.72. The van der Waals surface area contributed by atoms with Crippen molar-refractivity contribution in [2.24, 2.45) is 0 Å². The van der Waals surface area contributed by atoms with Crippen LogP contribution in [0.3, 0.4) is 0 Å². The van der Waals surface area contributed by atoms with Crippen molar-refractivity contribution in [2.75, 3.05) is 13.2 Å². The zero-order valence-corrected chi connectivity index (χ0v) is 9.33. The Morgan fingerprint density at radius 3 is 2.47 bits per heavy atom. The second-order valence-electron chi connectivity index (χ2n) is 4.08. The van der Waals surface area contributed by atoms with E-state index in [1.807, 2.05) is 0 Å². The predicted octanol–water partition coefficient (Wildman–Crippen LogP) is 2.13. The summed E-state index contributed by atoms with van der Waals surface area (Å²) in [6.07, 6.45) is 2.78. The first kappa shape index (κ1) is 10.7. The van der Waals surface area contributed by atoms with E-state index in [1.165, 1.54) is 17.5 Å². The molecule has 82 valence electrons. The van der Waals surface area contributed by atoms with Gasteiger partial charge in [-0.3, -0.25) is 0 Å². The Morgan fingerprint density at radius 2 is 1.93 bits per heavy atom. The van der Waals surface area contributed by atoms with Crippen LogP contribution in [-0.2, 0) is 17.7 Å². The molecular formula is C13H19NO. The van der Waals surface area contributed by atoms with Crippen molar-refractivity contribution in [2.45, 2.75) is 32.4 Å². The first-order valence-electron chi connectivity index (χ1n) is 5.78. The minimum absolute atomic E-state index is 0.458. The Bertz CT molecular complexity index is 290. The van der Waals surface area contributed by atoms with E-state index in [9.17, 15) is 0 Å². The molecule has 0 aromatic heterocycles. The highest BCUT2D eigenvalue weighted by Crippen LogP contribution is 2.09. The molecule has 1 heterocycles. The second kappa shape index (κ2) is 5.29. The maximum atomic E-state index is 5.34. The number of hydrogen-bond donors (Lipinski definition) is 1. The summed E-state index contributed by atoms with van der Waals surface area (Å²) in [6, 6.07) is 8.81. The van der Waals surface area contributed by atoms with Crippen LogP contribution in [0.15, 0.2) is 24.3 Å². The summed E-state index contributed by atoms with van der Waals surface area (Å²) < 4.78 is 5.34. The summed E-state index contributed by atoms with van der Waals surface area (Å²) in [7, 11) is 0. The summed E-state index contributed by atoms with van der Waals surface area (Å²) in [5.74, 6) is 0. The van der Waals surface area contributed by atoms with E-state index in [0.717, 1.165) is 26.1 Å². The van der Waals surface area contributed by atoms with Gasteiger partial charge in [0.25, 0.3) is 0 Å². The van der Waals surface area contributed by atoms with Crippen LogP contribution in [-0.4, -0.2) is 19.3 Å². The molecule has 0 aliphatic carbocycles. The molecule has 1 unspecified atom stereocenters. The average molecular weight is 205 g/mol. The van der Waals surface area contributed by atoms with Crippen LogP contribution in [0.1, 0.15) is 24.5 Å². The van der Waals surface area contributed by atoms with Crippen molar-refractivity contribution < 1.29 is 4.74 Å². The minimum Gasteiger partial charge on any atom is -0.377 e. The summed E-state index contributed by atoms with van der Waals surface area (Å²) in [5, 5.41) is 3.42. The first-order valence-corrected chi connectivity index (χ1v) is 5.78. The molecule has 1 N–H and O–H groups in total. The van der Waals surface area contributed by atoms with Crippen molar-refractivity contribution in [3.05, 3.63) is 35.4 Å². The fraction of sp³-hybridized carbons (Fsp3) is 0.538. The lowest BCUT2D eigenvalue weighted by molar-refractivity contribution is -0.0484. The maximum absolute atomic E-state index is 5.34. The van der Waals surface area contributed by atoms with Gasteiger partial charge in [0.05, 0.1) is 6.10 Å². The maximum Gasteiger partial charge on any atom is 0.0721 e. The van der Waals surface area contributed by atoms with Crippen molar-refractivity contribution in [1.29, 1.82) is 0 Å². The van der Waals surface area contributed by atoms with Gasteiger partial charge in [-0.05, 0) is 24.0 Å². The normalized spacial score (nSPS) is 19.9. The van der Waals surface area contributed by atoms with Crippen molar-refractivity contribution >= 4 is 0 Å². The van der Waals surface area contributed by atoms with Gasteiger partial charge in [0.1, 0.15) is 0 Å². The van der Waals surface area contributed by atoms with Gasteiger partial charge < -0.3 is 10.1 Å². The van der Waals surface area contributed by atoms with Crippen LogP contribution < -0.4 is 5.32 Å². The van der Waals surface area contributed by atoms with Gasteiger partial charge in [-0.1, -0.05) is 31.2 Å². The molecule has 0 saturated carbocycles. The van der Waals surface area contributed by atoms with E-state index >= 15 is 0 Å². The Kier molecular flexibility index (Phi) is 3.75. The van der Waals surface area contributed by atoms with Crippen LogP contribution in [0.25, 0.3) is 0 Å². The highest BCUT2D eigenvalue weighted by molar-refractivity contribution is 5.22. The molecule has 2 heteroatoms. The largest absolute Gasteiger partial charge is 0.377 e. The van der Waals surface area contributed by atoms with E-state index in [0.29, 0.717) is 6.10 Å². The number of rotatable bonds is 5. The molecule has 0 bridgehead atoms. The molecule has 1 aliphatic rings. The highest BCUT2D eigenvalue weighted by atomic mass is 16.5. The molecular weight excluding hydrogens is 186 g/mol. The summed E-state index contributed by atoms with van der Waals surface area (Å²) in [4.78, 5) is 0. The molecule has 2 nitrogen and oxygen atoms in total. The second-order valence-corrected chi connectivity index (χ2v) is 4.08. The molecule has 15 heavy (non-hydrogen) atoms. The summed E-state index contributed by atoms with van der Waals surface area (Å²) >= 11 is 0. The molecule has 1 aromatic carbocycles. The Labute approximate surface area is 91.6 Å². The van der Waals surface area contributed by atoms with Gasteiger partial charge in [0, 0.05) is 19.7 Å². The third kappa shape index (κ3) is 3.05. The third-order valence-electron chi connectivity index (χ3n) is 2.93. The van der Waals surface area contributed by atoms with Gasteiger partial charge >= 0.3 is 0 Å². The Hall–Kier alpha value is -0.860. The Morgan fingerprint density at radius 1 is 1.27 bits per heavy atom. The van der Waals surface area contributed by atoms with Crippen molar-refractivity contribution in [1.82, 2.24) is 5.32 Å². The highest BCUT2D eigenvalue weighted by Gasteiger charge is 2.16. The smallest absolute Gasteiger partial charge is 0.0721 e. The molecule has 0 amide bonds. The quantitative estimate of drug-likeness (QED) is 0.795. The van der Waals surface area contributed by atoms with Gasteiger partial charge in [-0.2, -0.15) is 0 Å². The zero-order chi connectivity index (χ0) is 10.5. The lowest BCUT2D eigenvalue weighted by Crippen LogP contribution is -2.36. The molecule has 2 rings (SSSR count). The molecule has 1 aliphatic heterocycles. The molecule has 1 atom stereocenters. The van der Waals surface area contributed by atoms with Crippen LogP contribution in [0, 0.1) is 0 Å². The SMILES string of the molecule is CCc1ccc(CNCC2CCO2)cc1. The van der Waals surface area contributed by atoms with Gasteiger partial charge in [0.2, 0.25) is 0 Å². The van der Waals surface area contributed by atoms with E-state index in [2.05, 4.69) is 36.5 Å². The van der Waals surface area contributed by atoms with Crippen LogP contribution in [0.5, 0.6) is 0 Å². The van der Waals surface area contributed by atoms with Gasteiger partial charge in [0.15, 0.2) is 0 Å². The number of aryl methyl sites for hydroxylation is 1. The third-order valence-corrected chi connectivity index (χ3v) is 2.93. The number of hydrogen-bond acceptors (Lipinski definition) is 2.